The highest BCUT2D eigenvalue weighted by Gasteiger charge is 2.41. The van der Waals surface area contributed by atoms with Crippen molar-refractivity contribution in [2.24, 2.45) is 5.73 Å². The van der Waals surface area contributed by atoms with Crippen LogP contribution in [0.1, 0.15) is 41.7 Å². The third-order valence-electron chi connectivity index (χ3n) is 4.47. The van der Waals surface area contributed by atoms with Gasteiger partial charge in [0.15, 0.2) is 5.69 Å². The van der Waals surface area contributed by atoms with E-state index in [1.807, 2.05) is 0 Å². The third-order valence-corrected chi connectivity index (χ3v) is 4.47. The van der Waals surface area contributed by atoms with E-state index in [4.69, 9.17) is 5.73 Å². The fourth-order valence-electron chi connectivity index (χ4n) is 3.12. The zero-order chi connectivity index (χ0) is 18.9. The summed E-state index contributed by atoms with van der Waals surface area (Å²) in [7, 11) is 0. The number of aromatic nitrogens is 2. The predicted octanol–water partition coefficient (Wildman–Crippen LogP) is 3.45. The van der Waals surface area contributed by atoms with Gasteiger partial charge in [-0.25, -0.2) is 9.07 Å². The second-order valence-corrected chi connectivity index (χ2v) is 6.35. The minimum absolute atomic E-state index is 0. The number of nitrogens with zero attached hydrogens (tertiary/aromatic N) is 2. The van der Waals surface area contributed by atoms with Crippen LogP contribution in [0.2, 0.25) is 0 Å². The Morgan fingerprint density at radius 2 is 1.81 bits per heavy atom. The molecule has 0 atom stereocenters. The van der Waals surface area contributed by atoms with E-state index < -0.39 is 29.2 Å². The highest BCUT2D eigenvalue weighted by atomic mass is 35.5. The molecular weight excluding hydrogens is 388 g/mol. The number of carbonyl (C=O) groups excluding carboxylic acids is 1. The van der Waals surface area contributed by atoms with E-state index in [0.717, 1.165) is 12.3 Å². The molecule has 0 bridgehead atoms. The van der Waals surface area contributed by atoms with Crippen molar-refractivity contribution in [1.29, 1.82) is 0 Å². The number of nitrogens with two attached hydrogens (primary N) is 1. The summed E-state index contributed by atoms with van der Waals surface area (Å²) in [5, 5.41) is 6.22. The van der Waals surface area contributed by atoms with Crippen LogP contribution in [0.5, 0.6) is 0 Å². The van der Waals surface area contributed by atoms with Crippen LogP contribution in [0.15, 0.2) is 30.5 Å². The van der Waals surface area contributed by atoms with Crippen LogP contribution in [0.25, 0.3) is 5.69 Å². The maximum Gasteiger partial charge on any atom is 0.434 e. The van der Waals surface area contributed by atoms with Gasteiger partial charge in [0.05, 0.1) is 11.8 Å². The molecule has 1 amide bonds. The second-order valence-electron chi connectivity index (χ2n) is 6.35. The van der Waals surface area contributed by atoms with Gasteiger partial charge in [0.1, 0.15) is 11.5 Å². The number of halogens is 5. The maximum atomic E-state index is 13.9. The number of rotatable bonds is 3. The molecule has 0 aliphatic heterocycles. The molecule has 0 unspecified atom stereocenters. The lowest BCUT2D eigenvalue weighted by Crippen LogP contribution is -2.41. The monoisotopic (exact) mass is 406 g/mol. The smallest absolute Gasteiger partial charge is 0.349 e. The Morgan fingerprint density at radius 1 is 1.19 bits per heavy atom. The maximum absolute atomic E-state index is 13.9. The first-order valence-electron chi connectivity index (χ1n) is 8.24. The predicted molar refractivity (Wildman–Crippen MR) is 93.5 cm³/mol. The Labute approximate surface area is 159 Å². The molecule has 27 heavy (non-hydrogen) atoms. The van der Waals surface area contributed by atoms with Gasteiger partial charge in [0, 0.05) is 12.1 Å². The van der Waals surface area contributed by atoms with Crippen LogP contribution in [-0.2, 0) is 6.18 Å². The molecule has 1 aromatic heterocycles. The van der Waals surface area contributed by atoms with Crippen LogP contribution >= 0.6 is 12.4 Å². The Kier molecular flexibility index (Phi) is 6.48. The average Bonchev–Trinajstić information content (AvgIpc) is 3.02. The summed E-state index contributed by atoms with van der Waals surface area (Å²) in [6.45, 7) is 0. The van der Waals surface area contributed by atoms with Crippen molar-refractivity contribution in [2.45, 2.75) is 43.9 Å². The molecule has 1 aliphatic rings. The third kappa shape index (κ3) is 4.59. The number of nitrogens with one attached hydrogen (secondary N) is 1. The minimum Gasteiger partial charge on any atom is -0.349 e. The van der Waals surface area contributed by atoms with Gasteiger partial charge in [-0.2, -0.15) is 18.3 Å². The minimum atomic E-state index is -4.87. The van der Waals surface area contributed by atoms with Crippen molar-refractivity contribution in [3.63, 3.8) is 0 Å². The summed E-state index contributed by atoms with van der Waals surface area (Å²) < 4.78 is 55.1. The molecule has 0 radical (unpaired) electrons. The normalized spacial score (nSPS) is 20.0. The molecule has 10 heteroatoms. The molecule has 5 nitrogen and oxygen atoms in total. The quantitative estimate of drug-likeness (QED) is 0.767. The Hall–Kier alpha value is -2.13. The van der Waals surface area contributed by atoms with Crippen molar-refractivity contribution in [3.05, 3.63) is 47.5 Å². The SMILES string of the molecule is Cl.NC1CCC(NC(=O)c2cnn(-c3ccccc3F)c2C(F)(F)F)CC1. The van der Waals surface area contributed by atoms with Gasteiger partial charge in [0.2, 0.25) is 0 Å². The van der Waals surface area contributed by atoms with Crippen molar-refractivity contribution < 1.29 is 22.4 Å². The van der Waals surface area contributed by atoms with Gasteiger partial charge in [-0.15, -0.1) is 12.4 Å². The van der Waals surface area contributed by atoms with Gasteiger partial charge in [0.25, 0.3) is 5.91 Å². The average molecular weight is 407 g/mol. The number of carbonyl (C=O) groups is 1. The molecule has 3 N–H and O–H groups in total. The van der Waals surface area contributed by atoms with E-state index in [0.29, 0.717) is 30.4 Å². The van der Waals surface area contributed by atoms with Crippen molar-refractivity contribution in [1.82, 2.24) is 15.1 Å². The Bertz CT molecular complexity index is 800. The Balaban J connectivity index is 0.00000261. The first-order chi connectivity index (χ1) is 12.3. The highest BCUT2D eigenvalue weighted by Crippen LogP contribution is 2.34. The van der Waals surface area contributed by atoms with Crippen LogP contribution < -0.4 is 11.1 Å². The first kappa shape index (κ1) is 21.2. The van der Waals surface area contributed by atoms with Crippen molar-refractivity contribution >= 4 is 18.3 Å². The standard InChI is InChI=1S/C17H18F4N4O.ClH/c18-13-3-1-2-4-14(13)25-15(17(19,20)21)12(9-23-25)16(26)24-11-7-5-10(22)6-8-11;/h1-4,9-11H,5-8,22H2,(H,24,26);1H. The fraction of sp³-hybridized carbons (Fsp3) is 0.412. The molecule has 3 rings (SSSR count). The molecule has 1 heterocycles. The lowest BCUT2D eigenvalue weighted by molar-refractivity contribution is -0.143. The summed E-state index contributed by atoms with van der Waals surface area (Å²) in [6.07, 6.45) is -1.44. The van der Waals surface area contributed by atoms with Gasteiger partial charge in [-0.3, -0.25) is 4.79 Å². The Morgan fingerprint density at radius 3 is 2.41 bits per heavy atom. The molecule has 148 valence electrons. The first-order valence-corrected chi connectivity index (χ1v) is 8.24. The molecule has 1 aromatic carbocycles. The van der Waals surface area contributed by atoms with Crippen LogP contribution in [0.4, 0.5) is 17.6 Å². The number of hydrogen-bond acceptors (Lipinski definition) is 3. The van der Waals surface area contributed by atoms with E-state index >= 15 is 0 Å². The molecule has 0 spiro atoms. The van der Waals surface area contributed by atoms with Gasteiger partial charge < -0.3 is 11.1 Å². The largest absolute Gasteiger partial charge is 0.434 e. The summed E-state index contributed by atoms with van der Waals surface area (Å²) in [5.41, 5.74) is 3.49. The van der Waals surface area contributed by atoms with E-state index in [-0.39, 0.29) is 30.2 Å². The number of hydrogen-bond donors (Lipinski definition) is 2. The second kappa shape index (κ2) is 8.26. The molecular formula is C17H19ClF4N4O. The summed E-state index contributed by atoms with van der Waals surface area (Å²) in [4.78, 5) is 12.4. The number of para-hydroxylation sites is 1. The van der Waals surface area contributed by atoms with Gasteiger partial charge in [-0.05, 0) is 37.8 Å². The zero-order valence-corrected chi connectivity index (χ0v) is 15.0. The molecule has 1 aliphatic carbocycles. The lowest BCUT2D eigenvalue weighted by Gasteiger charge is -2.26. The number of alkyl halides is 3. The molecule has 1 saturated carbocycles. The summed E-state index contributed by atoms with van der Waals surface area (Å²) >= 11 is 0. The van der Waals surface area contributed by atoms with Gasteiger partial charge >= 0.3 is 6.18 Å². The highest BCUT2D eigenvalue weighted by molar-refractivity contribution is 5.95. The van der Waals surface area contributed by atoms with Crippen LogP contribution in [-0.4, -0.2) is 27.8 Å². The van der Waals surface area contributed by atoms with E-state index in [9.17, 15) is 22.4 Å². The van der Waals surface area contributed by atoms with E-state index in [1.165, 1.54) is 18.2 Å². The summed E-state index contributed by atoms with van der Waals surface area (Å²) in [5.74, 6) is -1.74. The fourth-order valence-corrected chi connectivity index (χ4v) is 3.12. The van der Waals surface area contributed by atoms with E-state index in [2.05, 4.69) is 10.4 Å². The molecule has 1 fully saturated rings. The summed E-state index contributed by atoms with van der Waals surface area (Å²) in [6, 6.07) is 4.77. The lowest BCUT2D eigenvalue weighted by atomic mass is 9.91. The molecule has 0 saturated heterocycles. The van der Waals surface area contributed by atoms with Crippen molar-refractivity contribution in [2.75, 3.05) is 0 Å². The van der Waals surface area contributed by atoms with Gasteiger partial charge in [-0.1, -0.05) is 12.1 Å². The molecule has 2 aromatic rings. The zero-order valence-electron chi connectivity index (χ0n) is 14.2. The van der Waals surface area contributed by atoms with Crippen molar-refractivity contribution in [3.8, 4) is 5.69 Å². The number of amides is 1. The topological polar surface area (TPSA) is 72.9 Å². The van der Waals surface area contributed by atoms with E-state index in [1.54, 1.807) is 0 Å². The number of benzene rings is 1. The van der Waals surface area contributed by atoms with Crippen LogP contribution in [0, 0.1) is 5.82 Å². The van der Waals surface area contributed by atoms with Crippen LogP contribution in [0.3, 0.4) is 0 Å².